The Morgan fingerprint density at radius 3 is 2.56 bits per heavy atom. The van der Waals surface area contributed by atoms with E-state index in [1.165, 1.54) is 16.7 Å². The highest BCUT2D eigenvalue weighted by molar-refractivity contribution is 5.67. The van der Waals surface area contributed by atoms with Crippen molar-refractivity contribution in [1.29, 1.82) is 0 Å². The molecule has 0 saturated heterocycles. The summed E-state index contributed by atoms with van der Waals surface area (Å²) in [5.41, 5.74) is 4.23. The Hall–Kier alpha value is -1.30. The lowest BCUT2D eigenvalue weighted by atomic mass is 9.97. The number of hydrogen-bond acceptors (Lipinski definition) is 0. The van der Waals surface area contributed by atoms with E-state index in [-0.39, 0.29) is 0 Å². The average Bonchev–Trinajstić information content (AvgIpc) is 2.31. The molecule has 0 bridgehead atoms. The normalized spacial score (nSPS) is 12.3. The third-order valence-corrected chi connectivity index (χ3v) is 2.82. The highest BCUT2D eigenvalue weighted by atomic mass is 14.1. The van der Waals surface area contributed by atoms with Crippen molar-refractivity contribution in [1.82, 2.24) is 0 Å². The predicted molar refractivity (Wildman–Crippen MR) is 73.5 cm³/mol. The predicted octanol–water partition coefficient (Wildman–Crippen LogP) is 5.14. The third kappa shape index (κ3) is 3.69. The lowest BCUT2D eigenvalue weighted by Crippen LogP contribution is -1.88. The average molecular weight is 214 g/mol. The van der Waals surface area contributed by atoms with Crippen LogP contribution in [-0.4, -0.2) is 0 Å². The Labute approximate surface area is 99.7 Å². The second kappa shape index (κ2) is 7.05. The monoisotopic (exact) mass is 214 g/mol. The quantitative estimate of drug-likeness (QED) is 0.595. The molecular weight excluding hydrogens is 192 g/mol. The number of allylic oxidation sites excluding steroid dienone is 4. The maximum absolute atomic E-state index is 2.28. The molecule has 0 saturated carbocycles. The summed E-state index contributed by atoms with van der Waals surface area (Å²) in [6.07, 6.45) is 10.2. The van der Waals surface area contributed by atoms with Crippen LogP contribution < -0.4 is 0 Å². The standard InChI is InChI=1S/C16H22/c1-4-6-7-8-12-15(5-2)16-13-10-9-11-14(16)3/h5-7,9-11,13H,4,8,12H2,1-3H3/b7-6+,15-5-. The highest BCUT2D eigenvalue weighted by Crippen LogP contribution is 2.23. The molecule has 0 aliphatic rings. The van der Waals surface area contributed by atoms with Crippen LogP contribution in [0.15, 0.2) is 42.5 Å². The van der Waals surface area contributed by atoms with Gasteiger partial charge >= 0.3 is 0 Å². The van der Waals surface area contributed by atoms with E-state index in [1.54, 1.807) is 0 Å². The first kappa shape index (κ1) is 12.8. The fourth-order valence-electron chi connectivity index (χ4n) is 1.89. The van der Waals surface area contributed by atoms with Crippen molar-refractivity contribution in [2.75, 3.05) is 0 Å². The number of hydrogen-bond donors (Lipinski definition) is 0. The zero-order valence-electron chi connectivity index (χ0n) is 10.7. The number of rotatable bonds is 5. The molecule has 0 amide bonds. The summed E-state index contributed by atoms with van der Waals surface area (Å²) >= 11 is 0. The Balaban J connectivity index is 2.69. The van der Waals surface area contributed by atoms with Crippen LogP contribution in [-0.2, 0) is 0 Å². The second-order valence-corrected chi connectivity index (χ2v) is 4.05. The van der Waals surface area contributed by atoms with E-state index < -0.39 is 0 Å². The van der Waals surface area contributed by atoms with Gasteiger partial charge in [0.1, 0.15) is 0 Å². The minimum atomic E-state index is 1.13. The van der Waals surface area contributed by atoms with Gasteiger partial charge in [-0.25, -0.2) is 0 Å². The molecule has 1 aromatic rings. The third-order valence-electron chi connectivity index (χ3n) is 2.82. The zero-order valence-corrected chi connectivity index (χ0v) is 10.7. The molecule has 0 aliphatic carbocycles. The van der Waals surface area contributed by atoms with Crippen molar-refractivity contribution >= 4 is 5.57 Å². The van der Waals surface area contributed by atoms with Crippen molar-refractivity contribution < 1.29 is 0 Å². The van der Waals surface area contributed by atoms with Gasteiger partial charge in [0.05, 0.1) is 0 Å². The van der Waals surface area contributed by atoms with Crippen LogP contribution in [0.2, 0.25) is 0 Å². The second-order valence-electron chi connectivity index (χ2n) is 4.05. The first-order valence-electron chi connectivity index (χ1n) is 6.15. The molecule has 1 aromatic carbocycles. The van der Waals surface area contributed by atoms with Gasteiger partial charge in [-0.1, -0.05) is 49.4 Å². The van der Waals surface area contributed by atoms with Crippen molar-refractivity contribution in [3.63, 3.8) is 0 Å². The van der Waals surface area contributed by atoms with Crippen LogP contribution >= 0.6 is 0 Å². The maximum atomic E-state index is 2.28. The Morgan fingerprint density at radius 1 is 1.19 bits per heavy atom. The Bertz CT molecular complexity index is 369. The van der Waals surface area contributed by atoms with Gasteiger partial charge in [0.2, 0.25) is 0 Å². The lowest BCUT2D eigenvalue weighted by Gasteiger charge is -2.09. The molecule has 86 valence electrons. The highest BCUT2D eigenvalue weighted by Gasteiger charge is 2.01. The zero-order chi connectivity index (χ0) is 11.8. The van der Waals surface area contributed by atoms with Crippen LogP contribution in [0.3, 0.4) is 0 Å². The summed E-state index contributed by atoms with van der Waals surface area (Å²) in [5.74, 6) is 0. The number of aryl methyl sites for hydroxylation is 1. The molecule has 16 heavy (non-hydrogen) atoms. The molecule has 0 nitrogen and oxygen atoms in total. The SMILES string of the molecule is C/C=C(/CC/C=C/CC)c1ccccc1C. The molecule has 0 fully saturated rings. The van der Waals surface area contributed by atoms with E-state index in [0.717, 1.165) is 19.3 Å². The minimum Gasteiger partial charge on any atom is -0.0888 e. The first-order chi connectivity index (χ1) is 7.79. The van der Waals surface area contributed by atoms with E-state index in [1.807, 2.05) is 0 Å². The van der Waals surface area contributed by atoms with Crippen molar-refractivity contribution in [3.05, 3.63) is 53.6 Å². The van der Waals surface area contributed by atoms with Gasteiger partial charge in [0.15, 0.2) is 0 Å². The molecule has 1 rings (SSSR count). The molecule has 0 aliphatic heterocycles. The molecular formula is C16H22. The number of benzene rings is 1. The van der Waals surface area contributed by atoms with Gasteiger partial charge in [0.25, 0.3) is 0 Å². The van der Waals surface area contributed by atoms with Gasteiger partial charge in [-0.2, -0.15) is 0 Å². The molecule has 0 radical (unpaired) electrons. The van der Waals surface area contributed by atoms with Crippen LogP contribution in [0, 0.1) is 6.92 Å². The van der Waals surface area contributed by atoms with E-state index >= 15 is 0 Å². The summed E-state index contributed by atoms with van der Waals surface area (Å²) in [5, 5.41) is 0. The Kier molecular flexibility index (Phi) is 5.63. The molecule has 0 spiro atoms. The van der Waals surface area contributed by atoms with Crippen molar-refractivity contribution in [2.45, 2.75) is 40.0 Å². The molecule has 0 aromatic heterocycles. The van der Waals surface area contributed by atoms with Crippen molar-refractivity contribution in [2.24, 2.45) is 0 Å². The molecule has 0 atom stereocenters. The molecule has 0 heterocycles. The summed E-state index contributed by atoms with van der Waals surface area (Å²) in [7, 11) is 0. The van der Waals surface area contributed by atoms with Gasteiger partial charge in [0, 0.05) is 0 Å². The first-order valence-corrected chi connectivity index (χ1v) is 6.15. The van der Waals surface area contributed by atoms with Gasteiger partial charge in [-0.3, -0.25) is 0 Å². The topological polar surface area (TPSA) is 0 Å². The van der Waals surface area contributed by atoms with E-state index in [4.69, 9.17) is 0 Å². The Morgan fingerprint density at radius 2 is 1.94 bits per heavy atom. The minimum absolute atomic E-state index is 1.13. The van der Waals surface area contributed by atoms with E-state index in [2.05, 4.69) is 63.3 Å². The molecule has 0 heteroatoms. The lowest BCUT2D eigenvalue weighted by molar-refractivity contribution is 1.05. The van der Waals surface area contributed by atoms with E-state index in [9.17, 15) is 0 Å². The van der Waals surface area contributed by atoms with Crippen LogP contribution in [0.25, 0.3) is 5.57 Å². The molecule has 0 unspecified atom stereocenters. The van der Waals surface area contributed by atoms with Crippen LogP contribution in [0.5, 0.6) is 0 Å². The van der Waals surface area contributed by atoms with Gasteiger partial charge in [-0.15, -0.1) is 0 Å². The van der Waals surface area contributed by atoms with Gasteiger partial charge in [-0.05, 0) is 49.8 Å². The van der Waals surface area contributed by atoms with E-state index in [0.29, 0.717) is 0 Å². The van der Waals surface area contributed by atoms with Crippen molar-refractivity contribution in [3.8, 4) is 0 Å². The fourth-order valence-corrected chi connectivity index (χ4v) is 1.89. The van der Waals surface area contributed by atoms with Crippen LogP contribution in [0.4, 0.5) is 0 Å². The maximum Gasteiger partial charge on any atom is -0.0198 e. The van der Waals surface area contributed by atoms with Crippen LogP contribution in [0.1, 0.15) is 44.2 Å². The summed E-state index contributed by atoms with van der Waals surface area (Å²) in [6.45, 7) is 6.49. The summed E-state index contributed by atoms with van der Waals surface area (Å²) in [4.78, 5) is 0. The largest absolute Gasteiger partial charge is 0.0888 e. The summed E-state index contributed by atoms with van der Waals surface area (Å²) < 4.78 is 0. The smallest absolute Gasteiger partial charge is 0.0198 e. The summed E-state index contributed by atoms with van der Waals surface area (Å²) in [6, 6.07) is 8.62. The molecule has 0 N–H and O–H groups in total. The van der Waals surface area contributed by atoms with Gasteiger partial charge < -0.3 is 0 Å². The fraction of sp³-hybridized carbons (Fsp3) is 0.375.